The van der Waals surface area contributed by atoms with Crippen molar-refractivity contribution in [1.82, 2.24) is 10.2 Å². The van der Waals surface area contributed by atoms with Crippen molar-refractivity contribution in [1.29, 1.82) is 0 Å². The SMILES string of the molecule is CCN(CC(=O)O)C1CC(NCc2ccc(Cl)c(Cl)c2)C1. The minimum absolute atomic E-state index is 0.126. The van der Waals surface area contributed by atoms with E-state index < -0.39 is 5.97 Å². The van der Waals surface area contributed by atoms with Gasteiger partial charge in [-0.25, -0.2) is 0 Å². The summed E-state index contributed by atoms with van der Waals surface area (Å²) in [6.07, 6.45) is 1.98. The van der Waals surface area contributed by atoms with Crippen LogP contribution >= 0.6 is 23.2 Å². The summed E-state index contributed by atoms with van der Waals surface area (Å²) in [5, 5.41) is 13.5. The fourth-order valence-electron chi connectivity index (χ4n) is 2.64. The van der Waals surface area contributed by atoms with Crippen LogP contribution in [-0.2, 0) is 11.3 Å². The third kappa shape index (κ3) is 4.58. The lowest BCUT2D eigenvalue weighted by atomic mass is 9.85. The van der Waals surface area contributed by atoms with Gasteiger partial charge in [-0.3, -0.25) is 9.69 Å². The first-order valence-corrected chi connectivity index (χ1v) is 7.88. The quantitative estimate of drug-likeness (QED) is 0.806. The van der Waals surface area contributed by atoms with Gasteiger partial charge in [-0.2, -0.15) is 0 Å². The smallest absolute Gasteiger partial charge is 0.317 e. The van der Waals surface area contributed by atoms with E-state index in [4.69, 9.17) is 28.3 Å². The Hall–Kier alpha value is -0.810. The van der Waals surface area contributed by atoms with Crippen LogP contribution in [0.25, 0.3) is 0 Å². The lowest BCUT2D eigenvalue weighted by Gasteiger charge is -2.42. The van der Waals surface area contributed by atoms with E-state index in [0.717, 1.165) is 31.5 Å². The summed E-state index contributed by atoms with van der Waals surface area (Å²) >= 11 is 11.9. The van der Waals surface area contributed by atoms with Crippen molar-refractivity contribution < 1.29 is 9.90 Å². The summed E-state index contributed by atoms with van der Waals surface area (Å²) in [5.74, 6) is -0.760. The van der Waals surface area contributed by atoms with E-state index in [9.17, 15) is 4.79 Å². The molecule has 1 aliphatic rings. The van der Waals surface area contributed by atoms with Gasteiger partial charge in [0.15, 0.2) is 0 Å². The van der Waals surface area contributed by atoms with Gasteiger partial charge in [0.1, 0.15) is 0 Å². The molecule has 0 aromatic heterocycles. The minimum Gasteiger partial charge on any atom is -0.480 e. The molecule has 0 amide bonds. The molecule has 1 saturated carbocycles. The summed E-state index contributed by atoms with van der Waals surface area (Å²) < 4.78 is 0. The van der Waals surface area contributed by atoms with Gasteiger partial charge in [0.05, 0.1) is 16.6 Å². The van der Waals surface area contributed by atoms with Crippen molar-refractivity contribution >= 4 is 29.2 Å². The molecule has 0 radical (unpaired) electrons. The summed E-state index contributed by atoms with van der Waals surface area (Å²) in [4.78, 5) is 12.8. The van der Waals surface area contributed by atoms with Crippen LogP contribution in [0.3, 0.4) is 0 Å². The number of nitrogens with one attached hydrogen (secondary N) is 1. The first-order valence-electron chi connectivity index (χ1n) is 7.12. The van der Waals surface area contributed by atoms with Crippen molar-refractivity contribution in [3.63, 3.8) is 0 Å². The number of benzene rings is 1. The molecule has 1 aromatic carbocycles. The van der Waals surface area contributed by atoms with E-state index in [2.05, 4.69) is 5.32 Å². The highest BCUT2D eigenvalue weighted by Crippen LogP contribution is 2.27. The van der Waals surface area contributed by atoms with Crippen LogP contribution < -0.4 is 5.32 Å². The summed E-state index contributed by atoms with van der Waals surface area (Å²) in [5.41, 5.74) is 1.10. The highest BCUT2D eigenvalue weighted by molar-refractivity contribution is 6.42. The van der Waals surface area contributed by atoms with Crippen molar-refractivity contribution in [2.45, 2.75) is 38.4 Å². The molecule has 0 heterocycles. The Bertz CT molecular complexity index is 504. The highest BCUT2D eigenvalue weighted by Gasteiger charge is 2.33. The fourth-order valence-corrected chi connectivity index (χ4v) is 2.96. The number of carboxylic acid groups (broad SMARTS) is 1. The van der Waals surface area contributed by atoms with Crippen LogP contribution in [0.4, 0.5) is 0 Å². The normalized spacial score (nSPS) is 21.3. The zero-order valence-corrected chi connectivity index (χ0v) is 13.5. The lowest BCUT2D eigenvalue weighted by Crippen LogP contribution is -2.53. The van der Waals surface area contributed by atoms with Gasteiger partial charge in [-0.05, 0) is 37.1 Å². The number of aliphatic carboxylic acids is 1. The first-order chi connectivity index (χ1) is 9.99. The topological polar surface area (TPSA) is 52.6 Å². The van der Waals surface area contributed by atoms with Crippen LogP contribution in [0.5, 0.6) is 0 Å². The van der Waals surface area contributed by atoms with Crippen molar-refractivity contribution in [3.8, 4) is 0 Å². The second-order valence-corrected chi connectivity index (χ2v) is 6.22. The van der Waals surface area contributed by atoms with Gasteiger partial charge < -0.3 is 10.4 Å². The Labute approximate surface area is 135 Å². The average Bonchev–Trinajstić information content (AvgIpc) is 2.39. The fraction of sp³-hybridized carbons (Fsp3) is 0.533. The van der Waals surface area contributed by atoms with Gasteiger partial charge in [0.2, 0.25) is 0 Å². The molecule has 21 heavy (non-hydrogen) atoms. The van der Waals surface area contributed by atoms with Crippen molar-refractivity contribution in [2.75, 3.05) is 13.1 Å². The van der Waals surface area contributed by atoms with E-state index in [1.54, 1.807) is 6.07 Å². The predicted molar refractivity (Wildman–Crippen MR) is 85.0 cm³/mol. The standard InChI is InChI=1S/C15H20Cl2N2O2/c1-2-19(9-15(20)21)12-6-11(7-12)18-8-10-3-4-13(16)14(17)5-10/h3-5,11-12,18H,2,6-9H2,1H3,(H,20,21). The number of rotatable bonds is 7. The second kappa shape index (κ2) is 7.45. The Balaban J connectivity index is 1.75. The molecule has 0 aliphatic heterocycles. The number of likely N-dealkylation sites (N-methyl/N-ethyl adjacent to an activating group) is 1. The van der Waals surface area contributed by atoms with Gasteiger partial charge in [-0.1, -0.05) is 36.2 Å². The zero-order chi connectivity index (χ0) is 15.4. The maximum atomic E-state index is 10.8. The largest absolute Gasteiger partial charge is 0.480 e. The number of hydrogen-bond acceptors (Lipinski definition) is 3. The van der Waals surface area contributed by atoms with Gasteiger partial charge >= 0.3 is 5.97 Å². The molecule has 1 aliphatic carbocycles. The molecule has 2 rings (SSSR count). The van der Waals surface area contributed by atoms with E-state index >= 15 is 0 Å². The van der Waals surface area contributed by atoms with Crippen LogP contribution in [0.15, 0.2) is 18.2 Å². The number of carboxylic acids is 1. The van der Waals surface area contributed by atoms with Crippen LogP contribution in [-0.4, -0.2) is 41.1 Å². The summed E-state index contributed by atoms with van der Waals surface area (Å²) in [6.45, 7) is 3.65. The highest BCUT2D eigenvalue weighted by atomic mass is 35.5. The predicted octanol–water partition coefficient (Wildman–Crippen LogP) is 3.02. The Kier molecular flexibility index (Phi) is 5.88. The molecule has 1 aromatic rings. The number of halogens is 2. The molecular formula is C15H20Cl2N2O2. The maximum absolute atomic E-state index is 10.8. The molecular weight excluding hydrogens is 311 g/mol. The van der Waals surface area contributed by atoms with Crippen LogP contribution in [0.2, 0.25) is 10.0 Å². The Morgan fingerprint density at radius 3 is 2.67 bits per heavy atom. The molecule has 2 N–H and O–H groups in total. The minimum atomic E-state index is -0.760. The van der Waals surface area contributed by atoms with E-state index in [-0.39, 0.29) is 6.54 Å². The monoisotopic (exact) mass is 330 g/mol. The summed E-state index contributed by atoms with van der Waals surface area (Å²) in [7, 11) is 0. The molecule has 0 bridgehead atoms. The molecule has 116 valence electrons. The second-order valence-electron chi connectivity index (χ2n) is 5.41. The van der Waals surface area contributed by atoms with E-state index in [1.165, 1.54) is 0 Å². The van der Waals surface area contributed by atoms with Crippen LogP contribution in [0, 0.1) is 0 Å². The van der Waals surface area contributed by atoms with E-state index in [0.29, 0.717) is 22.1 Å². The molecule has 6 heteroatoms. The molecule has 0 saturated heterocycles. The van der Waals surface area contributed by atoms with Gasteiger partial charge in [0, 0.05) is 18.6 Å². The van der Waals surface area contributed by atoms with Gasteiger partial charge in [-0.15, -0.1) is 0 Å². The molecule has 0 unspecified atom stereocenters. The zero-order valence-electron chi connectivity index (χ0n) is 12.0. The van der Waals surface area contributed by atoms with E-state index in [1.807, 2.05) is 24.0 Å². The Morgan fingerprint density at radius 1 is 1.38 bits per heavy atom. The molecule has 4 nitrogen and oxygen atoms in total. The average molecular weight is 331 g/mol. The van der Waals surface area contributed by atoms with Crippen LogP contribution in [0.1, 0.15) is 25.3 Å². The van der Waals surface area contributed by atoms with Gasteiger partial charge in [0.25, 0.3) is 0 Å². The maximum Gasteiger partial charge on any atom is 0.317 e. The molecule has 0 atom stereocenters. The third-order valence-corrected chi connectivity index (χ3v) is 4.69. The number of hydrogen-bond donors (Lipinski definition) is 2. The lowest BCUT2D eigenvalue weighted by molar-refractivity contribution is -0.139. The molecule has 1 fully saturated rings. The third-order valence-electron chi connectivity index (χ3n) is 3.95. The van der Waals surface area contributed by atoms with Crippen molar-refractivity contribution in [3.05, 3.63) is 33.8 Å². The Morgan fingerprint density at radius 2 is 2.10 bits per heavy atom. The first kappa shape index (κ1) is 16.6. The number of nitrogens with zero attached hydrogens (tertiary/aromatic N) is 1. The number of carbonyl (C=O) groups is 1. The molecule has 0 spiro atoms. The summed E-state index contributed by atoms with van der Waals surface area (Å²) in [6, 6.07) is 6.44. The van der Waals surface area contributed by atoms with Crippen molar-refractivity contribution in [2.24, 2.45) is 0 Å².